The summed E-state index contributed by atoms with van der Waals surface area (Å²) in [5.41, 5.74) is 2.87. The molecule has 0 saturated carbocycles. The van der Waals surface area contributed by atoms with E-state index in [1.165, 1.54) is 11.0 Å². The second kappa shape index (κ2) is 8.58. The lowest BCUT2D eigenvalue weighted by molar-refractivity contribution is 0.0986. The highest BCUT2D eigenvalue weighted by Gasteiger charge is 2.29. The van der Waals surface area contributed by atoms with E-state index in [0.717, 1.165) is 11.6 Å². The molecule has 0 fully saturated rings. The van der Waals surface area contributed by atoms with Crippen LogP contribution in [0.1, 0.15) is 42.2 Å². The summed E-state index contributed by atoms with van der Waals surface area (Å²) in [5.74, 6) is -0.428. The molecule has 0 aliphatic carbocycles. The fourth-order valence-electron chi connectivity index (χ4n) is 4.89. The van der Waals surface area contributed by atoms with Crippen molar-refractivity contribution in [2.24, 2.45) is 0 Å². The van der Waals surface area contributed by atoms with Crippen molar-refractivity contribution in [1.82, 2.24) is 14.8 Å². The maximum atomic E-state index is 14.5. The molecule has 2 aromatic heterocycles. The molecule has 6 rings (SSSR count). The summed E-state index contributed by atoms with van der Waals surface area (Å²) in [6, 6.07) is 9.35. The van der Waals surface area contributed by atoms with Crippen LogP contribution in [0.15, 0.2) is 42.6 Å². The second-order valence-electron chi connectivity index (χ2n) is 9.28. The molecule has 2 aliphatic rings. The van der Waals surface area contributed by atoms with E-state index in [2.05, 4.69) is 5.10 Å². The Hall–Kier alpha value is -4.01. The third-order valence-electron chi connectivity index (χ3n) is 6.61. The number of fused-ring (bicyclic) bond motifs is 3. The standard InChI is InChI=1S/C27H24F2N4O3/c1-15(2)33-26-20(14-30-33)19(13-22(31-26)16-5-6-24-25(10-16)36-9-8-35-24)27(34)32-7-3-4-18-21(29)11-17(28)12-23(18)32/h5-6,10-15H,3-4,7-9H2,1-2H3. The van der Waals surface area contributed by atoms with Gasteiger partial charge in [0.2, 0.25) is 0 Å². The molecular weight excluding hydrogens is 466 g/mol. The zero-order valence-electron chi connectivity index (χ0n) is 19.9. The maximum absolute atomic E-state index is 14.5. The van der Waals surface area contributed by atoms with Crippen molar-refractivity contribution in [3.63, 3.8) is 0 Å². The summed E-state index contributed by atoms with van der Waals surface area (Å²) in [4.78, 5) is 20.3. The average Bonchev–Trinajstić information content (AvgIpc) is 3.31. The molecule has 0 bridgehead atoms. The summed E-state index contributed by atoms with van der Waals surface area (Å²) >= 11 is 0. The number of halogens is 2. The van der Waals surface area contributed by atoms with Crippen LogP contribution < -0.4 is 14.4 Å². The monoisotopic (exact) mass is 490 g/mol. The molecule has 0 spiro atoms. The molecule has 2 aliphatic heterocycles. The SMILES string of the molecule is CC(C)n1ncc2c(C(=O)N3CCCc4c(F)cc(F)cc43)cc(-c3ccc4c(c3)OCCO4)nc21. The lowest BCUT2D eigenvalue weighted by atomic mass is 9.99. The summed E-state index contributed by atoms with van der Waals surface area (Å²) in [7, 11) is 0. The van der Waals surface area contributed by atoms with Crippen LogP contribution >= 0.6 is 0 Å². The van der Waals surface area contributed by atoms with Gasteiger partial charge in [-0.05, 0) is 57.0 Å². The van der Waals surface area contributed by atoms with E-state index in [9.17, 15) is 13.6 Å². The predicted octanol–water partition coefficient (Wildman–Crippen LogP) is 5.32. The number of hydrogen-bond donors (Lipinski definition) is 0. The normalized spacial score (nSPS) is 14.9. The van der Waals surface area contributed by atoms with Gasteiger partial charge in [0.05, 0.1) is 28.5 Å². The fraction of sp³-hybridized carbons (Fsp3) is 0.296. The summed E-state index contributed by atoms with van der Waals surface area (Å²) in [6.07, 6.45) is 2.65. The number of carbonyl (C=O) groups excluding carboxylic acids is 1. The molecule has 0 N–H and O–H groups in total. The summed E-state index contributed by atoms with van der Waals surface area (Å²) < 4.78 is 41.8. The largest absolute Gasteiger partial charge is 0.486 e. The van der Waals surface area contributed by atoms with Gasteiger partial charge >= 0.3 is 0 Å². The number of benzene rings is 2. The van der Waals surface area contributed by atoms with E-state index in [1.807, 2.05) is 32.0 Å². The molecule has 7 nitrogen and oxygen atoms in total. The van der Waals surface area contributed by atoms with Gasteiger partial charge in [-0.25, -0.2) is 18.4 Å². The minimum atomic E-state index is -0.713. The predicted molar refractivity (Wildman–Crippen MR) is 131 cm³/mol. The highest BCUT2D eigenvalue weighted by atomic mass is 19.1. The molecule has 184 valence electrons. The lowest BCUT2D eigenvalue weighted by Gasteiger charge is -2.30. The van der Waals surface area contributed by atoms with Crippen LogP contribution in [0.5, 0.6) is 11.5 Å². The van der Waals surface area contributed by atoms with Crippen LogP contribution in [0.3, 0.4) is 0 Å². The second-order valence-corrected chi connectivity index (χ2v) is 9.28. The van der Waals surface area contributed by atoms with E-state index >= 15 is 0 Å². The number of ether oxygens (including phenoxy) is 2. The molecule has 0 radical (unpaired) electrons. The van der Waals surface area contributed by atoms with Gasteiger partial charge in [0.1, 0.15) is 24.8 Å². The van der Waals surface area contributed by atoms with E-state index in [4.69, 9.17) is 14.5 Å². The summed E-state index contributed by atoms with van der Waals surface area (Å²) in [5, 5.41) is 5.06. The first-order valence-corrected chi connectivity index (χ1v) is 12.0. The zero-order chi connectivity index (χ0) is 25.0. The summed E-state index contributed by atoms with van der Waals surface area (Å²) in [6.45, 7) is 5.27. The van der Waals surface area contributed by atoms with E-state index in [-0.39, 0.29) is 17.6 Å². The third-order valence-corrected chi connectivity index (χ3v) is 6.61. The van der Waals surface area contributed by atoms with E-state index in [1.54, 1.807) is 16.9 Å². The van der Waals surface area contributed by atoms with Crippen LogP contribution in [-0.4, -0.2) is 40.4 Å². The zero-order valence-corrected chi connectivity index (χ0v) is 19.9. The quantitative estimate of drug-likeness (QED) is 0.389. The number of rotatable bonds is 3. The molecular formula is C27H24F2N4O3. The molecule has 2 aromatic carbocycles. The van der Waals surface area contributed by atoms with Crippen LogP contribution in [0, 0.1) is 11.6 Å². The molecule has 0 atom stereocenters. The van der Waals surface area contributed by atoms with Gasteiger partial charge in [-0.3, -0.25) is 4.79 Å². The first-order chi connectivity index (χ1) is 17.4. The number of nitrogens with zero attached hydrogens (tertiary/aromatic N) is 4. The number of amides is 1. The van der Waals surface area contributed by atoms with Crippen molar-refractivity contribution in [1.29, 1.82) is 0 Å². The topological polar surface area (TPSA) is 69.5 Å². The Labute approximate surface area is 206 Å². The van der Waals surface area contributed by atoms with Gasteiger partial charge in [0, 0.05) is 29.8 Å². The van der Waals surface area contributed by atoms with E-state index in [0.29, 0.717) is 72.0 Å². The number of pyridine rings is 1. The van der Waals surface area contributed by atoms with Crippen molar-refractivity contribution in [3.05, 3.63) is 65.4 Å². The van der Waals surface area contributed by atoms with Crippen molar-refractivity contribution in [2.45, 2.75) is 32.7 Å². The van der Waals surface area contributed by atoms with Gasteiger partial charge in [-0.1, -0.05) is 0 Å². The number of anilines is 1. The first-order valence-electron chi connectivity index (χ1n) is 12.0. The minimum absolute atomic E-state index is 0.00683. The minimum Gasteiger partial charge on any atom is -0.486 e. The Morgan fingerprint density at radius 2 is 1.86 bits per heavy atom. The lowest BCUT2D eigenvalue weighted by Crippen LogP contribution is -2.36. The highest BCUT2D eigenvalue weighted by Crippen LogP contribution is 2.37. The van der Waals surface area contributed by atoms with E-state index < -0.39 is 11.6 Å². The molecule has 1 amide bonds. The highest BCUT2D eigenvalue weighted by molar-refractivity contribution is 6.14. The smallest absolute Gasteiger partial charge is 0.259 e. The third kappa shape index (κ3) is 3.66. The number of aromatic nitrogens is 3. The molecule has 4 aromatic rings. The Kier molecular flexibility index (Phi) is 5.35. The van der Waals surface area contributed by atoms with Crippen LogP contribution in [0.25, 0.3) is 22.3 Å². The molecule has 4 heterocycles. The molecule has 36 heavy (non-hydrogen) atoms. The Morgan fingerprint density at radius 1 is 1.06 bits per heavy atom. The van der Waals surface area contributed by atoms with Crippen molar-refractivity contribution < 1.29 is 23.0 Å². The van der Waals surface area contributed by atoms with Crippen LogP contribution in [-0.2, 0) is 6.42 Å². The van der Waals surface area contributed by atoms with Gasteiger partial charge in [-0.15, -0.1) is 0 Å². The first kappa shape index (κ1) is 22.5. The van der Waals surface area contributed by atoms with Gasteiger partial charge in [0.15, 0.2) is 17.1 Å². The maximum Gasteiger partial charge on any atom is 0.259 e. The molecule has 0 saturated heterocycles. The Balaban J connectivity index is 1.52. The Bertz CT molecular complexity index is 1510. The Morgan fingerprint density at radius 3 is 2.67 bits per heavy atom. The fourth-order valence-corrected chi connectivity index (χ4v) is 4.89. The number of carbonyl (C=O) groups is 1. The van der Waals surface area contributed by atoms with Gasteiger partial charge < -0.3 is 14.4 Å². The van der Waals surface area contributed by atoms with Crippen molar-refractivity contribution in [2.75, 3.05) is 24.7 Å². The van der Waals surface area contributed by atoms with Crippen LogP contribution in [0.2, 0.25) is 0 Å². The molecule has 9 heteroatoms. The molecule has 0 unspecified atom stereocenters. The number of hydrogen-bond acceptors (Lipinski definition) is 5. The van der Waals surface area contributed by atoms with Crippen molar-refractivity contribution >= 4 is 22.6 Å². The van der Waals surface area contributed by atoms with Gasteiger partial charge in [-0.2, -0.15) is 5.10 Å². The van der Waals surface area contributed by atoms with Crippen molar-refractivity contribution in [3.8, 4) is 22.8 Å². The van der Waals surface area contributed by atoms with Crippen LogP contribution in [0.4, 0.5) is 14.5 Å². The van der Waals surface area contributed by atoms with Gasteiger partial charge in [0.25, 0.3) is 5.91 Å². The average molecular weight is 491 g/mol.